The molecule has 1 saturated heterocycles. The predicted molar refractivity (Wildman–Crippen MR) is 81.7 cm³/mol. The number of aliphatic hydroxyl groups excluding tert-OH is 1. The lowest BCUT2D eigenvalue weighted by Crippen LogP contribution is -2.37. The number of nitrogens with zero attached hydrogens (tertiary/aromatic N) is 2. The van der Waals surface area contributed by atoms with Crippen LogP contribution in [0.5, 0.6) is 5.75 Å². The molecule has 1 fully saturated rings. The lowest BCUT2D eigenvalue weighted by molar-refractivity contribution is 0.0671. The van der Waals surface area contributed by atoms with Crippen molar-refractivity contribution in [3.63, 3.8) is 0 Å². The molecule has 0 bridgehead atoms. The van der Waals surface area contributed by atoms with Gasteiger partial charge in [-0.05, 0) is 31.0 Å². The highest BCUT2D eigenvalue weighted by Crippen LogP contribution is 2.24. The summed E-state index contributed by atoms with van der Waals surface area (Å²) >= 11 is 0. The van der Waals surface area contributed by atoms with Gasteiger partial charge in [0.15, 0.2) is 0 Å². The quantitative estimate of drug-likeness (QED) is 0.900. The van der Waals surface area contributed by atoms with Crippen molar-refractivity contribution in [3.8, 4) is 17.0 Å². The molecule has 6 heteroatoms. The SMILES string of the molecule is COc1cccc(-c2cc(C(=O)N3CCC[C@@H]3CO)[nH]n2)c1. The Labute approximate surface area is 128 Å². The summed E-state index contributed by atoms with van der Waals surface area (Å²) in [6.45, 7) is 0.681. The maximum atomic E-state index is 12.5. The van der Waals surface area contributed by atoms with Crippen LogP contribution in [-0.4, -0.2) is 52.4 Å². The molecule has 1 atom stereocenters. The fraction of sp³-hybridized carbons (Fsp3) is 0.375. The normalized spacial score (nSPS) is 17.7. The molecule has 3 rings (SSSR count). The Morgan fingerprint density at radius 1 is 1.50 bits per heavy atom. The van der Waals surface area contributed by atoms with Gasteiger partial charge in [0.05, 0.1) is 25.5 Å². The molecule has 1 aliphatic heterocycles. The second-order valence-electron chi connectivity index (χ2n) is 5.38. The number of nitrogens with one attached hydrogen (secondary N) is 1. The molecule has 0 spiro atoms. The van der Waals surface area contributed by atoms with Gasteiger partial charge < -0.3 is 14.7 Å². The van der Waals surface area contributed by atoms with E-state index in [1.54, 1.807) is 18.1 Å². The molecule has 0 aliphatic carbocycles. The van der Waals surface area contributed by atoms with Gasteiger partial charge in [0.25, 0.3) is 5.91 Å². The number of rotatable bonds is 4. The number of methoxy groups -OCH3 is 1. The van der Waals surface area contributed by atoms with Crippen molar-refractivity contribution >= 4 is 5.91 Å². The van der Waals surface area contributed by atoms with E-state index < -0.39 is 0 Å². The standard InChI is InChI=1S/C16H19N3O3/c1-22-13-6-2-4-11(8-13)14-9-15(18-17-14)16(21)19-7-3-5-12(19)10-20/h2,4,6,8-9,12,20H,3,5,7,10H2,1H3,(H,17,18)/t12-/m1/s1. The molecule has 1 amide bonds. The average Bonchev–Trinajstić information content (AvgIpc) is 3.23. The molecule has 1 aromatic carbocycles. The number of carbonyl (C=O) groups is 1. The second-order valence-corrected chi connectivity index (χ2v) is 5.38. The number of aromatic amines is 1. The molecule has 0 unspecified atom stereocenters. The molecular formula is C16H19N3O3. The van der Waals surface area contributed by atoms with E-state index in [4.69, 9.17) is 4.74 Å². The van der Waals surface area contributed by atoms with Gasteiger partial charge in [0, 0.05) is 12.1 Å². The number of amides is 1. The lowest BCUT2D eigenvalue weighted by Gasteiger charge is -2.21. The first kappa shape index (κ1) is 14.6. The van der Waals surface area contributed by atoms with Gasteiger partial charge in [-0.2, -0.15) is 5.10 Å². The van der Waals surface area contributed by atoms with Gasteiger partial charge >= 0.3 is 0 Å². The molecule has 2 N–H and O–H groups in total. The minimum atomic E-state index is -0.113. The van der Waals surface area contributed by atoms with Crippen LogP contribution in [0.1, 0.15) is 23.3 Å². The van der Waals surface area contributed by atoms with Crippen molar-refractivity contribution in [3.05, 3.63) is 36.0 Å². The molecule has 2 heterocycles. The molecule has 2 aromatic rings. The second kappa shape index (κ2) is 6.19. The Hall–Kier alpha value is -2.34. The number of hydrogen-bond donors (Lipinski definition) is 2. The Morgan fingerprint density at radius 3 is 3.14 bits per heavy atom. The smallest absolute Gasteiger partial charge is 0.272 e. The van der Waals surface area contributed by atoms with Crippen molar-refractivity contribution in [1.82, 2.24) is 15.1 Å². The Bertz CT molecular complexity index is 668. The van der Waals surface area contributed by atoms with Crippen LogP contribution in [0.15, 0.2) is 30.3 Å². The Morgan fingerprint density at radius 2 is 2.36 bits per heavy atom. The summed E-state index contributed by atoms with van der Waals surface area (Å²) in [5.74, 6) is 0.631. The summed E-state index contributed by atoms with van der Waals surface area (Å²) in [7, 11) is 1.61. The first-order chi connectivity index (χ1) is 10.7. The largest absolute Gasteiger partial charge is 0.497 e. The number of aliphatic hydroxyl groups is 1. The maximum Gasteiger partial charge on any atom is 0.272 e. The minimum Gasteiger partial charge on any atom is -0.497 e. The van der Waals surface area contributed by atoms with E-state index in [-0.39, 0.29) is 18.6 Å². The molecule has 6 nitrogen and oxygen atoms in total. The summed E-state index contributed by atoms with van der Waals surface area (Å²) in [5, 5.41) is 16.4. The van der Waals surface area contributed by atoms with Gasteiger partial charge in [0.1, 0.15) is 11.4 Å². The molecule has 0 radical (unpaired) electrons. The number of hydrogen-bond acceptors (Lipinski definition) is 4. The van der Waals surface area contributed by atoms with Gasteiger partial charge in [-0.3, -0.25) is 9.89 Å². The summed E-state index contributed by atoms with van der Waals surface area (Å²) in [6, 6.07) is 9.18. The molecule has 1 aliphatic rings. The van der Waals surface area contributed by atoms with E-state index in [9.17, 15) is 9.90 Å². The fourth-order valence-electron chi connectivity index (χ4n) is 2.81. The minimum absolute atomic E-state index is 0.00260. The first-order valence-corrected chi connectivity index (χ1v) is 7.34. The molecule has 116 valence electrons. The highest BCUT2D eigenvalue weighted by molar-refractivity contribution is 5.93. The summed E-state index contributed by atoms with van der Waals surface area (Å²) in [6.07, 6.45) is 1.77. The zero-order chi connectivity index (χ0) is 15.5. The van der Waals surface area contributed by atoms with Gasteiger partial charge in [-0.1, -0.05) is 12.1 Å². The number of likely N-dealkylation sites (tertiary alicyclic amines) is 1. The monoisotopic (exact) mass is 301 g/mol. The summed E-state index contributed by atoms with van der Waals surface area (Å²) in [4.78, 5) is 14.2. The van der Waals surface area contributed by atoms with Crippen LogP contribution < -0.4 is 4.74 Å². The molecule has 22 heavy (non-hydrogen) atoms. The van der Waals surface area contributed by atoms with Gasteiger partial charge in [-0.15, -0.1) is 0 Å². The third kappa shape index (κ3) is 2.69. The maximum absolute atomic E-state index is 12.5. The summed E-state index contributed by atoms with van der Waals surface area (Å²) in [5.41, 5.74) is 2.02. The Kier molecular flexibility index (Phi) is 4.11. The zero-order valence-electron chi connectivity index (χ0n) is 12.5. The van der Waals surface area contributed by atoms with Crippen molar-refractivity contribution in [2.24, 2.45) is 0 Å². The zero-order valence-corrected chi connectivity index (χ0v) is 12.5. The van der Waals surface area contributed by atoms with Crippen LogP contribution in [0, 0.1) is 0 Å². The van der Waals surface area contributed by atoms with Crippen molar-refractivity contribution in [1.29, 1.82) is 0 Å². The topological polar surface area (TPSA) is 78.5 Å². The number of benzene rings is 1. The van der Waals surface area contributed by atoms with Crippen LogP contribution >= 0.6 is 0 Å². The van der Waals surface area contributed by atoms with E-state index in [0.29, 0.717) is 17.9 Å². The number of ether oxygens (including phenoxy) is 1. The van der Waals surface area contributed by atoms with E-state index in [1.807, 2.05) is 24.3 Å². The van der Waals surface area contributed by atoms with E-state index in [1.165, 1.54) is 0 Å². The molecule has 1 aromatic heterocycles. The molecule has 0 saturated carbocycles. The van der Waals surface area contributed by atoms with Crippen LogP contribution in [0.4, 0.5) is 0 Å². The van der Waals surface area contributed by atoms with Crippen LogP contribution in [-0.2, 0) is 0 Å². The van der Waals surface area contributed by atoms with E-state index in [0.717, 1.165) is 24.2 Å². The highest BCUT2D eigenvalue weighted by Gasteiger charge is 2.29. The lowest BCUT2D eigenvalue weighted by atomic mass is 10.1. The van der Waals surface area contributed by atoms with Crippen molar-refractivity contribution < 1.29 is 14.6 Å². The third-order valence-electron chi connectivity index (χ3n) is 4.02. The number of H-pyrrole nitrogens is 1. The third-order valence-corrected chi connectivity index (χ3v) is 4.02. The van der Waals surface area contributed by atoms with E-state index in [2.05, 4.69) is 10.2 Å². The van der Waals surface area contributed by atoms with Gasteiger partial charge in [-0.25, -0.2) is 0 Å². The van der Waals surface area contributed by atoms with Crippen molar-refractivity contribution in [2.45, 2.75) is 18.9 Å². The molecular weight excluding hydrogens is 282 g/mol. The Balaban J connectivity index is 1.82. The van der Waals surface area contributed by atoms with Gasteiger partial charge in [0.2, 0.25) is 0 Å². The van der Waals surface area contributed by atoms with Crippen LogP contribution in [0.3, 0.4) is 0 Å². The fourth-order valence-corrected chi connectivity index (χ4v) is 2.81. The van der Waals surface area contributed by atoms with Crippen LogP contribution in [0.25, 0.3) is 11.3 Å². The van der Waals surface area contributed by atoms with Crippen LogP contribution in [0.2, 0.25) is 0 Å². The average molecular weight is 301 g/mol. The number of carbonyl (C=O) groups excluding carboxylic acids is 1. The first-order valence-electron chi connectivity index (χ1n) is 7.34. The summed E-state index contributed by atoms with van der Waals surface area (Å²) < 4.78 is 5.20. The van der Waals surface area contributed by atoms with Crippen molar-refractivity contribution in [2.75, 3.05) is 20.3 Å². The highest BCUT2D eigenvalue weighted by atomic mass is 16.5. The van der Waals surface area contributed by atoms with E-state index >= 15 is 0 Å². The number of aromatic nitrogens is 2. The predicted octanol–water partition coefficient (Wildman–Crippen LogP) is 1.68.